The van der Waals surface area contributed by atoms with Gasteiger partial charge in [-0.05, 0) is 35.9 Å². The zero-order valence-corrected chi connectivity index (χ0v) is 11.9. The maximum Gasteiger partial charge on any atom is 0.257 e. The van der Waals surface area contributed by atoms with Crippen LogP contribution in [0.3, 0.4) is 0 Å². The summed E-state index contributed by atoms with van der Waals surface area (Å²) in [6, 6.07) is 8.61. The fourth-order valence-electron chi connectivity index (χ4n) is 2.15. The quantitative estimate of drug-likeness (QED) is 0.801. The van der Waals surface area contributed by atoms with E-state index in [9.17, 15) is 13.6 Å². The van der Waals surface area contributed by atoms with Crippen molar-refractivity contribution >= 4 is 5.91 Å². The van der Waals surface area contributed by atoms with Gasteiger partial charge >= 0.3 is 0 Å². The largest absolute Gasteiger partial charge is 0.464 e. The van der Waals surface area contributed by atoms with Gasteiger partial charge in [0.05, 0.1) is 6.26 Å². The molecule has 116 valence electrons. The number of carbonyl (C=O) groups excluding carboxylic acids is 1. The van der Waals surface area contributed by atoms with Gasteiger partial charge in [0, 0.05) is 24.5 Å². The van der Waals surface area contributed by atoms with Crippen LogP contribution in [0.1, 0.15) is 15.9 Å². The summed E-state index contributed by atoms with van der Waals surface area (Å²) >= 11 is 0. The minimum atomic E-state index is -0.898. The third-order valence-electron chi connectivity index (χ3n) is 3.24. The van der Waals surface area contributed by atoms with Crippen LogP contribution in [0.15, 0.2) is 59.5 Å². The molecule has 2 heterocycles. The highest BCUT2D eigenvalue weighted by atomic mass is 19.1. The molecule has 0 saturated carbocycles. The van der Waals surface area contributed by atoms with Gasteiger partial charge in [-0.25, -0.2) is 8.78 Å². The summed E-state index contributed by atoms with van der Waals surface area (Å²) < 4.78 is 32.4. The Morgan fingerprint density at radius 2 is 1.91 bits per heavy atom. The lowest BCUT2D eigenvalue weighted by atomic mass is 10.1. The first-order valence-electron chi connectivity index (χ1n) is 6.85. The van der Waals surface area contributed by atoms with Crippen LogP contribution in [0.25, 0.3) is 11.3 Å². The van der Waals surface area contributed by atoms with Gasteiger partial charge in [-0.1, -0.05) is 6.07 Å². The van der Waals surface area contributed by atoms with Gasteiger partial charge in [0.1, 0.15) is 23.0 Å². The van der Waals surface area contributed by atoms with Crippen LogP contribution < -0.4 is 5.32 Å². The van der Waals surface area contributed by atoms with Gasteiger partial charge < -0.3 is 9.73 Å². The lowest BCUT2D eigenvalue weighted by Gasteiger charge is -2.07. The lowest BCUT2D eigenvalue weighted by molar-refractivity contribution is 0.0942. The van der Waals surface area contributed by atoms with Crippen molar-refractivity contribution < 1.29 is 18.0 Å². The number of nitrogens with one attached hydrogen (secondary N) is 1. The molecule has 0 unspecified atom stereocenters. The van der Waals surface area contributed by atoms with E-state index in [1.807, 2.05) is 0 Å². The summed E-state index contributed by atoms with van der Waals surface area (Å²) in [5, 5.41) is 2.48. The van der Waals surface area contributed by atoms with Crippen LogP contribution in [0, 0.1) is 11.6 Å². The third kappa shape index (κ3) is 3.26. The third-order valence-corrected chi connectivity index (χ3v) is 3.24. The minimum absolute atomic E-state index is 0.0914. The van der Waals surface area contributed by atoms with Crippen molar-refractivity contribution in [3.63, 3.8) is 0 Å². The summed E-state index contributed by atoms with van der Waals surface area (Å²) in [5.74, 6) is -1.97. The predicted octanol–water partition coefficient (Wildman–Crippen LogP) is 3.55. The molecule has 3 rings (SSSR count). The molecule has 3 aromatic rings. The SMILES string of the molecule is O=C(NCc1cncc(-c2ccco2)c1)c1c(F)cccc1F. The Morgan fingerprint density at radius 3 is 2.61 bits per heavy atom. The molecule has 0 fully saturated rings. The average Bonchev–Trinajstić information content (AvgIpc) is 3.07. The Labute approximate surface area is 130 Å². The van der Waals surface area contributed by atoms with E-state index < -0.39 is 23.1 Å². The first kappa shape index (κ1) is 14.9. The number of amides is 1. The number of halogens is 2. The molecule has 1 amide bonds. The van der Waals surface area contributed by atoms with Crippen molar-refractivity contribution in [2.75, 3.05) is 0 Å². The molecular weight excluding hydrogens is 302 g/mol. The molecular formula is C17H12F2N2O2. The first-order chi connectivity index (χ1) is 11.1. The molecule has 0 spiro atoms. The standard InChI is InChI=1S/C17H12F2N2O2/c18-13-3-1-4-14(19)16(13)17(22)21-9-11-7-12(10-20-8-11)15-5-2-6-23-15/h1-8,10H,9H2,(H,21,22). The first-order valence-corrected chi connectivity index (χ1v) is 6.85. The second-order valence-electron chi connectivity index (χ2n) is 4.84. The Bertz CT molecular complexity index is 812. The Balaban J connectivity index is 1.74. The van der Waals surface area contributed by atoms with Gasteiger partial charge in [-0.3, -0.25) is 9.78 Å². The summed E-state index contributed by atoms with van der Waals surface area (Å²) in [6.45, 7) is 0.0914. The summed E-state index contributed by atoms with van der Waals surface area (Å²) in [7, 11) is 0. The minimum Gasteiger partial charge on any atom is -0.464 e. The Hall–Kier alpha value is -3.02. The topological polar surface area (TPSA) is 55.1 Å². The van der Waals surface area contributed by atoms with E-state index in [1.54, 1.807) is 36.9 Å². The zero-order valence-electron chi connectivity index (χ0n) is 11.9. The molecule has 1 aromatic carbocycles. The summed E-state index contributed by atoms with van der Waals surface area (Å²) in [6.07, 6.45) is 4.73. The number of aromatic nitrogens is 1. The molecule has 23 heavy (non-hydrogen) atoms. The highest BCUT2D eigenvalue weighted by Crippen LogP contribution is 2.19. The smallest absolute Gasteiger partial charge is 0.257 e. The van der Waals surface area contributed by atoms with E-state index >= 15 is 0 Å². The van der Waals surface area contributed by atoms with E-state index in [0.717, 1.165) is 17.7 Å². The average molecular weight is 314 g/mol. The van der Waals surface area contributed by atoms with Gasteiger partial charge in [0.2, 0.25) is 0 Å². The Kier molecular flexibility index (Phi) is 4.14. The van der Waals surface area contributed by atoms with Crippen LogP contribution in [-0.2, 0) is 6.54 Å². The van der Waals surface area contributed by atoms with E-state index in [2.05, 4.69) is 10.3 Å². The molecule has 0 radical (unpaired) electrons. The molecule has 4 nitrogen and oxygen atoms in total. The molecule has 0 aliphatic rings. The highest BCUT2D eigenvalue weighted by molar-refractivity contribution is 5.94. The molecule has 6 heteroatoms. The van der Waals surface area contributed by atoms with Crippen LogP contribution in [0.2, 0.25) is 0 Å². The number of carbonyl (C=O) groups is 1. The van der Waals surface area contributed by atoms with Crippen LogP contribution in [0.4, 0.5) is 8.78 Å². The van der Waals surface area contributed by atoms with Gasteiger partial charge in [-0.15, -0.1) is 0 Å². The number of hydrogen-bond acceptors (Lipinski definition) is 3. The number of rotatable bonds is 4. The number of benzene rings is 1. The Morgan fingerprint density at radius 1 is 1.13 bits per heavy atom. The van der Waals surface area contributed by atoms with Crippen molar-refractivity contribution in [1.29, 1.82) is 0 Å². The van der Waals surface area contributed by atoms with Crippen molar-refractivity contribution in [3.8, 4) is 11.3 Å². The number of pyridine rings is 1. The molecule has 0 atom stereocenters. The zero-order chi connectivity index (χ0) is 16.2. The molecule has 0 bridgehead atoms. The normalized spacial score (nSPS) is 10.5. The molecule has 1 N–H and O–H groups in total. The van der Waals surface area contributed by atoms with Crippen LogP contribution >= 0.6 is 0 Å². The number of nitrogens with zero attached hydrogens (tertiary/aromatic N) is 1. The van der Waals surface area contributed by atoms with Crippen molar-refractivity contribution in [2.24, 2.45) is 0 Å². The van der Waals surface area contributed by atoms with Crippen molar-refractivity contribution in [1.82, 2.24) is 10.3 Å². The molecule has 0 aliphatic carbocycles. The summed E-state index contributed by atoms with van der Waals surface area (Å²) in [5.41, 5.74) is 0.838. The second-order valence-corrected chi connectivity index (χ2v) is 4.84. The van der Waals surface area contributed by atoms with Gasteiger partial charge in [0.25, 0.3) is 5.91 Å². The van der Waals surface area contributed by atoms with Crippen molar-refractivity contribution in [2.45, 2.75) is 6.54 Å². The number of furan rings is 1. The van der Waals surface area contributed by atoms with Gasteiger partial charge in [0.15, 0.2) is 0 Å². The predicted molar refractivity (Wildman–Crippen MR) is 79.5 cm³/mol. The highest BCUT2D eigenvalue weighted by Gasteiger charge is 2.16. The molecule has 2 aromatic heterocycles. The van der Waals surface area contributed by atoms with Gasteiger partial charge in [-0.2, -0.15) is 0 Å². The fraction of sp³-hybridized carbons (Fsp3) is 0.0588. The number of hydrogen-bond donors (Lipinski definition) is 1. The summed E-state index contributed by atoms with van der Waals surface area (Å²) in [4.78, 5) is 16.0. The monoisotopic (exact) mass is 314 g/mol. The van der Waals surface area contributed by atoms with E-state index in [0.29, 0.717) is 11.3 Å². The molecule has 0 saturated heterocycles. The van der Waals surface area contributed by atoms with Crippen molar-refractivity contribution in [3.05, 3.63) is 77.8 Å². The second kappa shape index (κ2) is 6.39. The fourth-order valence-corrected chi connectivity index (χ4v) is 2.15. The lowest BCUT2D eigenvalue weighted by Crippen LogP contribution is -2.25. The van der Waals surface area contributed by atoms with E-state index in [-0.39, 0.29) is 6.54 Å². The maximum absolute atomic E-state index is 13.6. The van der Waals surface area contributed by atoms with E-state index in [1.165, 1.54) is 6.07 Å². The molecule has 0 aliphatic heterocycles. The maximum atomic E-state index is 13.6. The van der Waals surface area contributed by atoms with Crippen LogP contribution in [-0.4, -0.2) is 10.9 Å². The van der Waals surface area contributed by atoms with E-state index in [4.69, 9.17) is 4.42 Å². The van der Waals surface area contributed by atoms with Crippen LogP contribution in [0.5, 0.6) is 0 Å².